The van der Waals surface area contributed by atoms with E-state index < -0.39 is 17.5 Å². The van der Waals surface area contributed by atoms with Crippen molar-refractivity contribution < 1.29 is 13.6 Å². The Morgan fingerprint density at radius 2 is 1.89 bits per heavy atom. The number of anilines is 1. The summed E-state index contributed by atoms with van der Waals surface area (Å²) in [6.45, 7) is 3.83. The van der Waals surface area contributed by atoms with Crippen LogP contribution in [-0.2, 0) is 0 Å². The number of rotatable bonds is 3. The Morgan fingerprint density at radius 3 is 2.44 bits per heavy atom. The van der Waals surface area contributed by atoms with Gasteiger partial charge in [0, 0.05) is 17.3 Å². The first kappa shape index (κ1) is 12.8. The number of hydrogen-bond donors (Lipinski definition) is 2. The molecule has 1 amide bonds. The molecule has 0 aliphatic heterocycles. The van der Waals surface area contributed by atoms with Gasteiger partial charge in [0.05, 0.1) is 5.56 Å². The fourth-order valence-electron chi connectivity index (χ4n) is 2.03. The van der Waals surface area contributed by atoms with Gasteiger partial charge in [-0.15, -0.1) is 0 Å². The number of carbonyl (C=O) groups excluding carboxylic acids is 1. The van der Waals surface area contributed by atoms with Gasteiger partial charge in [-0.25, -0.2) is 8.78 Å². The fraction of sp³-hybridized carbons (Fsp3) is 0.462. The quantitative estimate of drug-likeness (QED) is 0.814. The Morgan fingerprint density at radius 1 is 1.33 bits per heavy atom. The van der Waals surface area contributed by atoms with Gasteiger partial charge in [-0.3, -0.25) is 4.79 Å². The van der Waals surface area contributed by atoms with E-state index in [1.54, 1.807) is 0 Å². The van der Waals surface area contributed by atoms with E-state index in [9.17, 15) is 13.6 Å². The van der Waals surface area contributed by atoms with Crippen molar-refractivity contribution in [1.82, 2.24) is 5.32 Å². The van der Waals surface area contributed by atoms with Crippen LogP contribution in [0.1, 0.15) is 37.0 Å². The minimum atomic E-state index is -1.07. The first-order valence-corrected chi connectivity index (χ1v) is 5.88. The van der Waals surface area contributed by atoms with E-state index in [-0.39, 0.29) is 16.8 Å². The van der Waals surface area contributed by atoms with Crippen LogP contribution in [0.2, 0.25) is 0 Å². The van der Waals surface area contributed by atoms with Crippen LogP contribution >= 0.6 is 0 Å². The molecule has 3 nitrogen and oxygen atoms in total. The highest BCUT2D eigenvalue weighted by Gasteiger charge is 2.39. The summed E-state index contributed by atoms with van der Waals surface area (Å²) >= 11 is 0. The van der Waals surface area contributed by atoms with Gasteiger partial charge < -0.3 is 11.1 Å². The van der Waals surface area contributed by atoms with Crippen molar-refractivity contribution in [3.05, 3.63) is 29.3 Å². The molecule has 1 aromatic carbocycles. The minimum Gasteiger partial charge on any atom is -0.398 e. The number of hydrogen-bond acceptors (Lipinski definition) is 2. The molecule has 0 bridgehead atoms. The predicted octanol–water partition coefficient (Wildman–Crippen LogP) is 2.47. The summed E-state index contributed by atoms with van der Waals surface area (Å²) in [5, 5.41) is 2.81. The van der Waals surface area contributed by atoms with Gasteiger partial charge in [-0.1, -0.05) is 0 Å². The van der Waals surface area contributed by atoms with Crippen molar-refractivity contribution >= 4 is 11.6 Å². The summed E-state index contributed by atoms with van der Waals surface area (Å²) in [6, 6.07) is 1.66. The summed E-state index contributed by atoms with van der Waals surface area (Å²) in [4.78, 5) is 12.0. The predicted molar refractivity (Wildman–Crippen MR) is 65.0 cm³/mol. The van der Waals surface area contributed by atoms with E-state index in [1.807, 2.05) is 13.8 Å². The SMILES string of the molecule is CC(C)(NC(=O)c1cc(F)c(F)cc1N)C1CC1. The number of nitrogen functional groups attached to an aromatic ring is 1. The molecule has 1 aliphatic rings. The van der Waals surface area contributed by atoms with Crippen molar-refractivity contribution in [1.29, 1.82) is 0 Å². The van der Waals surface area contributed by atoms with Gasteiger partial charge in [-0.2, -0.15) is 0 Å². The zero-order chi connectivity index (χ0) is 13.5. The van der Waals surface area contributed by atoms with Gasteiger partial charge in [0.25, 0.3) is 5.91 Å². The average Bonchev–Trinajstić information content (AvgIpc) is 3.06. The standard InChI is InChI=1S/C13H16F2N2O/c1-13(2,7-3-4-7)17-12(18)8-5-9(14)10(15)6-11(8)16/h5-7H,3-4,16H2,1-2H3,(H,17,18). The van der Waals surface area contributed by atoms with Gasteiger partial charge in [0.1, 0.15) is 0 Å². The number of carbonyl (C=O) groups is 1. The lowest BCUT2D eigenvalue weighted by atomic mass is 9.98. The molecule has 0 atom stereocenters. The Bertz CT molecular complexity index is 496. The second kappa shape index (κ2) is 4.23. The van der Waals surface area contributed by atoms with Gasteiger partial charge in [0.2, 0.25) is 0 Å². The molecule has 98 valence electrons. The minimum absolute atomic E-state index is 0.0253. The van der Waals surface area contributed by atoms with E-state index in [4.69, 9.17) is 5.73 Å². The molecule has 0 spiro atoms. The monoisotopic (exact) mass is 254 g/mol. The smallest absolute Gasteiger partial charge is 0.253 e. The first-order chi connectivity index (χ1) is 8.31. The molecule has 2 rings (SSSR count). The summed E-state index contributed by atoms with van der Waals surface area (Å²) < 4.78 is 26.0. The van der Waals surface area contributed by atoms with Crippen LogP contribution in [0.5, 0.6) is 0 Å². The normalized spacial score (nSPS) is 15.6. The zero-order valence-electron chi connectivity index (χ0n) is 10.4. The first-order valence-electron chi connectivity index (χ1n) is 5.88. The highest BCUT2D eigenvalue weighted by Crippen LogP contribution is 2.39. The van der Waals surface area contributed by atoms with E-state index in [2.05, 4.69) is 5.32 Å². The summed E-state index contributed by atoms with van der Waals surface area (Å²) in [6.07, 6.45) is 2.14. The Kier molecular flexibility index (Phi) is 3.00. The second-order valence-corrected chi connectivity index (χ2v) is 5.30. The Labute approximate surface area is 104 Å². The molecule has 0 saturated heterocycles. The lowest BCUT2D eigenvalue weighted by molar-refractivity contribution is 0.0903. The van der Waals surface area contributed by atoms with Crippen LogP contribution in [0.15, 0.2) is 12.1 Å². The Balaban J connectivity index is 2.21. The molecule has 1 saturated carbocycles. The van der Waals surface area contributed by atoms with E-state index in [0.717, 1.165) is 25.0 Å². The van der Waals surface area contributed by atoms with Crippen molar-refractivity contribution in [2.75, 3.05) is 5.73 Å². The maximum atomic E-state index is 13.1. The van der Waals surface area contributed by atoms with Crippen LogP contribution in [0, 0.1) is 17.6 Å². The lowest BCUT2D eigenvalue weighted by Crippen LogP contribution is -2.45. The molecule has 0 heterocycles. The van der Waals surface area contributed by atoms with Crippen molar-refractivity contribution in [3.63, 3.8) is 0 Å². The second-order valence-electron chi connectivity index (χ2n) is 5.30. The maximum Gasteiger partial charge on any atom is 0.253 e. The lowest BCUT2D eigenvalue weighted by Gasteiger charge is -2.26. The summed E-state index contributed by atoms with van der Waals surface area (Å²) in [5.74, 6) is -2.15. The van der Waals surface area contributed by atoms with Crippen molar-refractivity contribution in [2.45, 2.75) is 32.2 Å². The van der Waals surface area contributed by atoms with Crippen molar-refractivity contribution in [2.24, 2.45) is 5.92 Å². The van der Waals surface area contributed by atoms with Crippen LogP contribution in [0.4, 0.5) is 14.5 Å². The number of nitrogens with one attached hydrogen (secondary N) is 1. The highest BCUT2D eigenvalue weighted by molar-refractivity contribution is 5.99. The molecule has 1 fully saturated rings. The molecule has 5 heteroatoms. The van der Waals surface area contributed by atoms with Crippen LogP contribution in [0.3, 0.4) is 0 Å². The molecule has 1 aliphatic carbocycles. The maximum absolute atomic E-state index is 13.1. The third-order valence-electron chi connectivity index (χ3n) is 3.37. The van der Waals surface area contributed by atoms with Gasteiger partial charge in [0.15, 0.2) is 11.6 Å². The summed E-state index contributed by atoms with van der Waals surface area (Å²) in [5.41, 5.74) is 5.10. The third-order valence-corrected chi connectivity index (χ3v) is 3.37. The molecular weight excluding hydrogens is 238 g/mol. The number of amides is 1. The van der Waals surface area contributed by atoms with E-state index in [1.165, 1.54) is 0 Å². The molecular formula is C13H16F2N2O. The molecule has 3 N–H and O–H groups in total. The van der Waals surface area contributed by atoms with Crippen LogP contribution in [0.25, 0.3) is 0 Å². The van der Waals surface area contributed by atoms with Crippen molar-refractivity contribution in [3.8, 4) is 0 Å². The summed E-state index contributed by atoms with van der Waals surface area (Å²) in [7, 11) is 0. The zero-order valence-corrected chi connectivity index (χ0v) is 10.4. The Hall–Kier alpha value is -1.65. The van der Waals surface area contributed by atoms with E-state index in [0.29, 0.717) is 5.92 Å². The molecule has 1 aromatic rings. The van der Waals surface area contributed by atoms with E-state index >= 15 is 0 Å². The molecule has 0 radical (unpaired) electrons. The fourth-order valence-corrected chi connectivity index (χ4v) is 2.03. The van der Waals surface area contributed by atoms with Crippen LogP contribution in [-0.4, -0.2) is 11.4 Å². The largest absolute Gasteiger partial charge is 0.398 e. The van der Waals surface area contributed by atoms with Gasteiger partial charge in [-0.05, 0) is 38.7 Å². The molecule has 18 heavy (non-hydrogen) atoms. The number of halogens is 2. The molecule has 0 aromatic heterocycles. The topological polar surface area (TPSA) is 55.1 Å². The van der Waals surface area contributed by atoms with Crippen LogP contribution < -0.4 is 11.1 Å². The average molecular weight is 254 g/mol. The number of benzene rings is 1. The molecule has 0 unspecified atom stereocenters. The van der Waals surface area contributed by atoms with Gasteiger partial charge >= 0.3 is 0 Å². The highest BCUT2D eigenvalue weighted by atomic mass is 19.2. The third kappa shape index (κ3) is 2.44. The number of nitrogens with two attached hydrogens (primary N) is 1.